The number of hydrogen-bond donors (Lipinski definition) is 3. The van der Waals surface area contributed by atoms with Crippen LogP contribution < -0.4 is 20.5 Å². The van der Waals surface area contributed by atoms with Crippen LogP contribution >= 0.6 is 0 Å². The molecule has 1 aliphatic heterocycles. The molecule has 2 aromatic rings. The number of benzene rings is 2. The Bertz CT molecular complexity index is 884. The highest BCUT2D eigenvalue weighted by molar-refractivity contribution is 6.04. The van der Waals surface area contributed by atoms with Crippen molar-refractivity contribution in [3.63, 3.8) is 0 Å². The second kappa shape index (κ2) is 8.23. The van der Waals surface area contributed by atoms with E-state index in [0.717, 1.165) is 11.1 Å². The van der Waals surface area contributed by atoms with Crippen LogP contribution in [0.2, 0.25) is 0 Å². The monoisotopic (exact) mass is 398 g/mol. The van der Waals surface area contributed by atoms with Crippen LogP contribution in [0, 0.1) is 5.92 Å². The van der Waals surface area contributed by atoms with E-state index < -0.39 is 23.5 Å². The molecule has 1 fully saturated rings. The molecule has 1 aliphatic rings. The van der Waals surface area contributed by atoms with Gasteiger partial charge in [0.1, 0.15) is 17.4 Å². The maximum atomic E-state index is 12.8. The van der Waals surface area contributed by atoms with Crippen LogP contribution in [-0.2, 0) is 9.59 Å². The molecule has 2 aromatic carbocycles. The number of carbonyl (C=O) groups is 2. The lowest BCUT2D eigenvalue weighted by Crippen LogP contribution is -2.63. The van der Waals surface area contributed by atoms with Gasteiger partial charge in [0.25, 0.3) is 0 Å². The van der Waals surface area contributed by atoms with Crippen molar-refractivity contribution in [1.29, 1.82) is 0 Å². The van der Waals surface area contributed by atoms with Crippen LogP contribution in [0.3, 0.4) is 0 Å². The Hall–Kier alpha value is -2.90. The molecular weight excluding hydrogens is 372 g/mol. The molecule has 7 heteroatoms. The van der Waals surface area contributed by atoms with E-state index in [1.807, 2.05) is 30.3 Å². The van der Waals surface area contributed by atoms with Crippen molar-refractivity contribution < 1.29 is 24.2 Å². The predicted octanol–water partition coefficient (Wildman–Crippen LogP) is 2.39. The topological polar surface area (TPSA) is 111 Å². The summed E-state index contributed by atoms with van der Waals surface area (Å²) in [7, 11) is 3.17. The van der Waals surface area contributed by atoms with E-state index in [1.54, 1.807) is 33.3 Å². The van der Waals surface area contributed by atoms with Gasteiger partial charge in [0.15, 0.2) is 5.78 Å². The molecule has 1 unspecified atom stereocenters. The molecule has 0 radical (unpaired) electrons. The van der Waals surface area contributed by atoms with Crippen molar-refractivity contribution in [1.82, 2.24) is 5.32 Å². The van der Waals surface area contributed by atoms with Crippen LogP contribution in [0.25, 0.3) is 11.1 Å². The van der Waals surface area contributed by atoms with Crippen LogP contribution in [0.1, 0.15) is 24.9 Å². The summed E-state index contributed by atoms with van der Waals surface area (Å²) in [6.45, 7) is 2.41. The molecule has 4 N–H and O–H groups in total. The molecule has 3 rings (SSSR count). The molecule has 1 saturated heterocycles. The number of nitrogens with one attached hydrogen (secondary N) is 1. The fourth-order valence-corrected chi connectivity index (χ4v) is 3.68. The minimum absolute atomic E-state index is 0.390. The van der Waals surface area contributed by atoms with Crippen LogP contribution in [0.15, 0.2) is 42.5 Å². The van der Waals surface area contributed by atoms with Gasteiger partial charge in [0, 0.05) is 0 Å². The number of Topliss-reactive ketones (excluding diaryl/α,β-unsaturated/α-hetero) is 1. The molecule has 154 valence electrons. The third-order valence-electron chi connectivity index (χ3n) is 5.60. The molecule has 0 spiro atoms. The number of hydrogen-bond acceptors (Lipinski definition) is 6. The average molecular weight is 398 g/mol. The number of aliphatic carboxylic acids is 1. The standard InChI is InChI=1S/C22H26N2O5/c1-22(11-12-24-22)20(25)18(21(26)27)19(23)14-9-7-13(8-10-14)17-15(28-2)5-4-6-16(17)29-3/h4-10,18-19,24H,11-12,23H2,1-3H3,(H,26,27)/t18-,19+,22?/m1/s1. The number of methoxy groups -OCH3 is 2. The summed E-state index contributed by atoms with van der Waals surface area (Å²) in [5.41, 5.74) is 7.61. The van der Waals surface area contributed by atoms with E-state index in [1.165, 1.54) is 0 Å². The van der Waals surface area contributed by atoms with E-state index in [-0.39, 0.29) is 5.78 Å². The van der Waals surface area contributed by atoms with Gasteiger partial charge >= 0.3 is 5.97 Å². The Kier molecular flexibility index (Phi) is 5.91. The van der Waals surface area contributed by atoms with Gasteiger partial charge in [-0.3, -0.25) is 9.59 Å². The van der Waals surface area contributed by atoms with E-state index >= 15 is 0 Å². The fraction of sp³-hybridized carbons (Fsp3) is 0.364. The first-order valence-electron chi connectivity index (χ1n) is 9.41. The van der Waals surface area contributed by atoms with Gasteiger partial charge in [-0.2, -0.15) is 0 Å². The van der Waals surface area contributed by atoms with Crippen LogP contribution in [0.4, 0.5) is 0 Å². The van der Waals surface area contributed by atoms with E-state index in [4.69, 9.17) is 15.2 Å². The lowest BCUT2D eigenvalue weighted by Gasteiger charge is -2.40. The Morgan fingerprint density at radius 3 is 2.07 bits per heavy atom. The average Bonchev–Trinajstić information content (AvgIpc) is 2.71. The normalized spacial score (nSPS) is 20.3. The SMILES string of the molecule is COc1cccc(OC)c1-c1ccc([C@H](N)[C@@H](C(=O)O)C(=O)C2(C)CCN2)cc1. The summed E-state index contributed by atoms with van der Waals surface area (Å²) in [5.74, 6) is -1.61. The fourth-order valence-electron chi connectivity index (χ4n) is 3.68. The molecule has 0 amide bonds. The van der Waals surface area contributed by atoms with Crippen molar-refractivity contribution in [2.45, 2.75) is 24.9 Å². The second-order valence-corrected chi connectivity index (χ2v) is 7.37. The quantitative estimate of drug-likeness (QED) is 0.586. The molecule has 0 bridgehead atoms. The summed E-state index contributed by atoms with van der Waals surface area (Å²) < 4.78 is 10.9. The molecule has 0 saturated carbocycles. The lowest BCUT2D eigenvalue weighted by molar-refractivity contribution is -0.150. The van der Waals surface area contributed by atoms with Crippen molar-refractivity contribution in [2.24, 2.45) is 11.7 Å². The summed E-state index contributed by atoms with van der Waals surface area (Å²) in [5, 5.41) is 12.7. The third kappa shape index (κ3) is 3.83. The minimum atomic E-state index is -1.32. The number of carboxylic acids is 1. The highest BCUT2D eigenvalue weighted by Gasteiger charge is 2.47. The summed E-state index contributed by atoms with van der Waals surface area (Å²) in [4.78, 5) is 24.6. The lowest BCUT2D eigenvalue weighted by atomic mass is 9.76. The van der Waals surface area contributed by atoms with Crippen LogP contribution in [-0.4, -0.2) is 43.2 Å². The smallest absolute Gasteiger partial charge is 0.316 e. The predicted molar refractivity (Wildman–Crippen MR) is 109 cm³/mol. The zero-order chi connectivity index (χ0) is 21.2. The Morgan fingerprint density at radius 1 is 1.10 bits per heavy atom. The van der Waals surface area contributed by atoms with Gasteiger partial charge in [-0.05, 0) is 43.1 Å². The number of carbonyl (C=O) groups excluding carboxylic acids is 1. The van der Waals surface area contributed by atoms with Gasteiger partial charge in [0.2, 0.25) is 0 Å². The highest BCUT2D eigenvalue weighted by Crippen LogP contribution is 2.39. The van der Waals surface area contributed by atoms with Crippen molar-refractivity contribution in [2.75, 3.05) is 20.8 Å². The molecule has 1 heterocycles. The maximum absolute atomic E-state index is 12.8. The van der Waals surface area contributed by atoms with Gasteiger partial charge < -0.3 is 25.6 Å². The van der Waals surface area contributed by atoms with E-state index in [9.17, 15) is 14.7 Å². The molecule has 3 atom stereocenters. The number of ketones is 1. The Balaban J connectivity index is 1.92. The second-order valence-electron chi connectivity index (χ2n) is 7.37. The zero-order valence-corrected chi connectivity index (χ0v) is 16.8. The largest absolute Gasteiger partial charge is 0.496 e. The molecule has 0 aromatic heterocycles. The van der Waals surface area contributed by atoms with Gasteiger partial charge in [0.05, 0.1) is 31.4 Å². The number of ether oxygens (including phenoxy) is 2. The first kappa shape index (κ1) is 20.8. The summed E-state index contributed by atoms with van der Waals surface area (Å²) in [6.07, 6.45) is 0.606. The zero-order valence-electron chi connectivity index (χ0n) is 16.8. The van der Waals surface area contributed by atoms with E-state index in [0.29, 0.717) is 30.0 Å². The van der Waals surface area contributed by atoms with Gasteiger partial charge in [-0.1, -0.05) is 30.3 Å². The molecule has 7 nitrogen and oxygen atoms in total. The van der Waals surface area contributed by atoms with Crippen molar-refractivity contribution in [3.8, 4) is 22.6 Å². The first-order valence-corrected chi connectivity index (χ1v) is 9.41. The highest BCUT2D eigenvalue weighted by atomic mass is 16.5. The number of carboxylic acid groups (broad SMARTS) is 1. The number of nitrogens with two attached hydrogens (primary N) is 1. The summed E-state index contributed by atoms with van der Waals surface area (Å²) >= 11 is 0. The molecule has 0 aliphatic carbocycles. The van der Waals surface area contributed by atoms with Gasteiger partial charge in [-0.15, -0.1) is 0 Å². The Labute approximate surface area is 169 Å². The van der Waals surface area contributed by atoms with Crippen molar-refractivity contribution >= 4 is 11.8 Å². The van der Waals surface area contributed by atoms with Crippen LogP contribution in [0.5, 0.6) is 11.5 Å². The summed E-state index contributed by atoms with van der Waals surface area (Å²) in [6, 6.07) is 11.7. The molecular formula is C22H26N2O5. The molecule has 29 heavy (non-hydrogen) atoms. The Morgan fingerprint density at radius 2 is 1.66 bits per heavy atom. The first-order chi connectivity index (χ1) is 13.8. The van der Waals surface area contributed by atoms with Crippen molar-refractivity contribution in [3.05, 3.63) is 48.0 Å². The minimum Gasteiger partial charge on any atom is -0.496 e. The third-order valence-corrected chi connectivity index (χ3v) is 5.60. The number of rotatable bonds is 8. The van der Waals surface area contributed by atoms with E-state index in [2.05, 4.69) is 5.32 Å². The van der Waals surface area contributed by atoms with Gasteiger partial charge in [-0.25, -0.2) is 0 Å². The maximum Gasteiger partial charge on any atom is 0.316 e.